The summed E-state index contributed by atoms with van der Waals surface area (Å²) in [5.74, 6) is -0.588. The Kier molecular flexibility index (Phi) is 4.14. The zero-order valence-corrected chi connectivity index (χ0v) is 12.6. The molecule has 120 valence electrons. The van der Waals surface area contributed by atoms with Crippen LogP contribution >= 0.6 is 0 Å². The lowest BCUT2D eigenvalue weighted by Gasteiger charge is -2.30. The fraction of sp³-hybridized carbons (Fsp3) is 0.353. The van der Waals surface area contributed by atoms with Crippen molar-refractivity contribution in [2.45, 2.75) is 37.6 Å². The topological polar surface area (TPSA) is 81.4 Å². The lowest BCUT2D eigenvalue weighted by molar-refractivity contribution is -0.120. The normalized spacial score (nSPS) is 16.2. The molecule has 6 nitrogen and oxygen atoms in total. The molecule has 0 bridgehead atoms. The van der Waals surface area contributed by atoms with E-state index in [4.69, 9.17) is 0 Å². The molecule has 0 amide bonds. The van der Waals surface area contributed by atoms with E-state index >= 15 is 0 Å². The minimum absolute atomic E-state index is 0.0666. The number of carbonyl (C=O) groups is 1. The Labute approximate surface area is 133 Å². The first kappa shape index (κ1) is 15.3. The predicted molar refractivity (Wildman–Crippen MR) is 83.4 cm³/mol. The van der Waals surface area contributed by atoms with Gasteiger partial charge in [0.05, 0.1) is 12.4 Å². The molecule has 0 aliphatic heterocycles. The van der Waals surface area contributed by atoms with Crippen molar-refractivity contribution in [3.63, 3.8) is 0 Å². The van der Waals surface area contributed by atoms with Crippen molar-refractivity contribution in [2.24, 2.45) is 0 Å². The Balaban J connectivity index is 1.99. The SMILES string of the molecule is O=COc1cn(CC2(c3ccncc3)CCCC2)cc(O)c1=O. The van der Waals surface area contributed by atoms with Gasteiger partial charge in [0.25, 0.3) is 11.9 Å². The van der Waals surface area contributed by atoms with E-state index in [0.29, 0.717) is 6.54 Å². The molecule has 1 aliphatic rings. The lowest BCUT2D eigenvalue weighted by Crippen LogP contribution is -2.29. The van der Waals surface area contributed by atoms with Crippen LogP contribution in [0.25, 0.3) is 0 Å². The summed E-state index contributed by atoms with van der Waals surface area (Å²) >= 11 is 0. The predicted octanol–water partition coefficient (Wildman–Crippen LogP) is 2.00. The fourth-order valence-electron chi connectivity index (χ4n) is 3.46. The molecular formula is C17H18N2O4. The van der Waals surface area contributed by atoms with E-state index in [9.17, 15) is 14.7 Å². The van der Waals surface area contributed by atoms with E-state index < -0.39 is 11.2 Å². The summed E-state index contributed by atoms with van der Waals surface area (Å²) in [4.78, 5) is 26.3. The molecule has 0 aromatic carbocycles. The number of nitrogens with zero attached hydrogens (tertiary/aromatic N) is 2. The van der Waals surface area contributed by atoms with Crippen molar-refractivity contribution < 1.29 is 14.6 Å². The van der Waals surface area contributed by atoms with Crippen LogP contribution in [-0.4, -0.2) is 21.1 Å². The maximum atomic E-state index is 11.7. The van der Waals surface area contributed by atoms with Crippen molar-refractivity contribution in [1.82, 2.24) is 9.55 Å². The monoisotopic (exact) mass is 314 g/mol. The fourth-order valence-corrected chi connectivity index (χ4v) is 3.46. The molecule has 6 heteroatoms. The largest absolute Gasteiger partial charge is 0.503 e. The molecule has 0 atom stereocenters. The molecular weight excluding hydrogens is 296 g/mol. The highest BCUT2D eigenvalue weighted by atomic mass is 16.5. The highest BCUT2D eigenvalue weighted by molar-refractivity contribution is 5.45. The van der Waals surface area contributed by atoms with Gasteiger partial charge in [0.2, 0.25) is 0 Å². The average Bonchev–Trinajstić information content (AvgIpc) is 3.03. The van der Waals surface area contributed by atoms with E-state index in [1.54, 1.807) is 17.0 Å². The van der Waals surface area contributed by atoms with Gasteiger partial charge < -0.3 is 14.4 Å². The number of aromatic nitrogens is 2. The lowest BCUT2D eigenvalue weighted by atomic mass is 9.79. The minimum Gasteiger partial charge on any atom is -0.503 e. The molecule has 3 rings (SSSR count). The van der Waals surface area contributed by atoms with Gasteiger partial charge in [-0.1, -0.05) is 12.8 Å². The second-order valence-corrected chi connectivity index (χ2v) is 5.95. The Morgan fingerprint density at radius 1 is 1.26 bits per heavy atom. The van der Waals surface area contributed by atoms with E-state index in [1.807, 2.05) is 12.1 Å². The summed E-state index contributed by atoms with van der Waals surface area (Å²) in [7, 11) is 0. The number of hydrogen-bond donors (Lipinski definition) is 1. The third-order valence-electron chi connectivity index (χ3n) is 4.54. The van der Waals surface area contributed by atoms with Crippen LogP contribution in [0.5, 0.6) is 11.5 Å². The molecule has 1 saturated carbocycles. The third kappa shape index (κ3) is 2.97. The number of aromatic hydroxyl groups is 1. The van der Waals surface area contributed by atoms with Crippen molar-refractivity contribution in [3.05, 3.63) is 52.7 Å². The van der Waals surface area contributed by atoms with Crippen molar-refractivity contribution in [3.8, 4) is 11.5 Å². The van der Waals surface area contributed by atoms with Gasteiger partial charge >= 0.3 is 0 Å². The standard InChI is InChI=1S/C17H18N2O4/c20-12-23-15-10-19(9-14(21)16(15)22)11-17(5-1-2-6-17)13-3-7-18-8-4-13/h3-4,7-10,12,21H,1-2,5-6,11H2. The molecule has 2 heterocycles. The second kappa shape index (κ2) is 6.24. The number of carbonyl (C=O) groups excluding carboxylic acids is 1. The molecule has 2 aromatic rings. The Morgan fingerprint density at radius 3 is 2.61 bits per heavy atom. The molecule has 0 saturated heterocycles. The smallest absolute Gasteiger partial charge is 0.298 e. The van der Waals surface area contributed by atoms with Crippen LogP contribution < -0.4 is 10.2 Å². The van der Waals surface area contributed by atoms with Gasteiger partial charge in [0.15, 0.2) is 11.5 Å². The maximum Gasteiger partial charge on any atom is 0.298 e. The molecule has 0 radical (unpaired) electrons. The zero-order valence-electron chi connectivity index (χ0n) is 12.6. The minimum atomic E-state index is -0.683. The van der Waals surface area contributed by atoms with Crippen LogP contribution in [0.2, 0.25) is 0 Å². The highest BCUT2D eigenvalue weighted by Gasteiger charge is 2.36. The third-order valence-corrected chi connectivity index (χ3v) is 4.54. The summed E-state index contributed by atoms with van der Waals surface area (Å²) in [6, 6.07) is 4.02. The summed E-state index contributed by atoms with van der Waals surface area (Å²) < 4.78 is 6.40. The second-order valence-electron chi connectivity index (χ2n) is 5.95. The Hall–Kier alpha value is -2.63. The quantitative estimate of drug-likeness (QED) is 0.854. The molecule has 0 unspecified atom stereocenters. The van der Waals surface area contributed by atoms with Crippen LogP contribution in [0.3, 0.4) is 0 Å². The zero-order chi connectivity index (χ0) is 16.3. The summed E-state index contributed by atoms with van der Waals surface area (Å²) in [5.41, 5.74) is 0.446. The Morgan fingerprint density at radius 2 is 1.96 bits per heavy atom. The average molecular weight is 314 g/mol. The van der Waals surface area contributed by atoms with Crippen LogP contribution in [0.15, 0.2) is 41.7 Å². The van der Waals surface area contributed by atoms with Crippen LogP contribution in [-0.2, 0) is 16.8 Å². The number of pyridine rings is 2. The molecule has 1 aliphatic carbocycles. The number of hydrogen-bond acceptors (Lipinski definition) is 5. The van der Waals surface area contributed by atoms with Gasteiger partial charge in [-0.05, 0) is 30.5 Å². The Bertz CT molecular complexity index is 749. The highest BCUT2D eigenvalue weighted by Crippen LogP contribution is 2.42. The van der Waals surface area contributed by atoms with Gasteiger partial charge in [0.1, 0.15) is 0 Å². The van der Waals surface area contributed by atoms with Crippen LogP contribution in [0.1, 0.15) is 31.2 Å². The summed E-state index contributed by atoms with van der Waals surface area (Å²) in [6.45, 7) is 0.786. The van der Waals surface area contributed by atoms with Crippen LogP contribution in [0.4, 0.5) is 0 Å². The first-order chi connectivity index (χ1) is 11.1. The molecule has 0 spiro atoms. The molecule has 1 N–H and O–H groups in total. The van der Waals surface area contributed by atoms with Gasteiger partial charge in [-0.2, -0.15) is 0 Å². The van der Waals surface area contributed by atoms with Gasteiger partial charge in [-0.25, -0.2) is 0 Å². The van der Waals surface area contributed by atoms with Gasteiger partial charge in [0, 0.05) is 24.4 Å². The van der Waals surface area contributed by atoms with E-state index in [0.717, 1.165) is 25.7 Å². The molecule has 23 heavy (non-hydrogen) atoms. The summed E-state index contributed by atoms with van der Waals surface area (Å²) in [5, 5.41) is 9.80. The maximum absolute atomic E-state index is 11.7. The van der Waals surface area contributed by atoms with Crippen molar-refractivity contribution in [2.75, 3.05) is 0 Å². The van der Waals surface area contributed by atoms with Gasteiger partial charge in [-0.15, -0.1) is 0 Å². The number of rotatable bonds is 5. The van der Waals surface area contributed by atoms with Crippen molar-refractivity contribution >= 4 is 6.47 Å². The van der Waals surface area contributed by atoms with E-state index in [-0.39, 0.29) is 17.6 Å². The van der Waals surface area contributed by atoms with Gasteiger partial charge in [-0.3, -0.25) is 14.6 Å². The first-order valence-electron chi connectivity index (χ1n) is 7.58. The van der Waals surface area contributed by atoms with Crippen molar-refractivity contribution in [1.29, 1.82) is 0 Å². The number of ether oxygens (including phenoxy) is 1. The first-order valence-corrected chi connectivity index (χ1v) is 7.58. The van der Waals surface area contributed by atoms with E-state index in [2.05, 4.69) is 9.72 Å². The molecule has 2 aromatic heterocycles. The van der Waals surface area contributed by atoms with Crippen LogP contribution in [0, 0.1) is 0 Å². The molecule has 1 fully saturated rings. The van der Waals surface area contributed by atoms with E-state index in [1.165, 1.54) is 18.0 Å². The summed E-state index contributed by atoms with van der Waals surface area (Å²) in [6.07, 6.45) is 10.7.